The number of hydrogen-bond acceptors (Lipinski definition) is 4. The van der Waals surface area contributed by atoms with Crippen LogP contribution >= 0.6 is 0 Å². The minimum atomic E-state index is -0.858. The quantitative estimate of drug-likeness (QED) is 0.892. The zero-order valence-electron chi connectivity index (χ0n) is 10.5. The Morgan fingerprint density at radius 1 is 1.26 bits per heavy atom. The van der Waals surface area contributed by atoms with Gasteiger partial charge in [0.05, 0.1) is 18.8 Å². The van der Waals surface area contributed by atoms with Gasteiger partial charge in [-0.1, -0.05) is 18.2 Å². The van der Waals surface area contributed by atoms with Crippen molar-refractivity contribution in [2.45, 2.75) is 19.8 Å². The minimum Gasteiger partial charge on any atom is -0.481 e. The number of hydrogen-bond donors (Lipinski definition) is 1. The number of aromatic nitrogens is 2. The number of nitrogens with zero attached hydrogens (tertiary/aromatic N) is 2. The van der Waals surface area contributed by atoms with Gasteiger partial charge in [-0.25, -0.2) is 9.97 Å². The van der Waals surface area contributed by atoms with E-state index in [1.54, 1.807) is 12.4 Å². The van der Waals surface area contributed by atoms with E-state index in [-0.39, 0.29) is 6.42 Å². The lowest BCUT2D eigenvalue weighted by atomic mass is 10.2. The number of aliphatic carboxylic acids is 1. The molecule has 0 aliphatic rings. The van der Waals surface area contributed by atoms with E-state index in [1.807, 2.05) is 31.2 Å². The molecule has 1 heterocycles. The number of ether oxygens (including phenoxy) is 1. The molecular formula is C14H14N2O3. The van der Waals surface area contributed by atoms with Gasteiger partial charge in [0, 0.05) is 6.42 Å². The summed E-state index contributed by atoms with van der Waals surface area (Å²) in [5, 5.41) is 8.57. The third-order valence-corrected chi connectivity index (χ3v) is 2.57. The third kappa shape index (κ3) is 3.77. The lowest BCUT2D eigenvalue weighted by Gasteiger charge is -2.07. The topological polar surface area (TPSA) is 72.3 Å². The molecule has 2 rings (SSSR count). The first-order chi connectivity index (χ1) is 9.15. The number of carboxylic acid groups (broad SMARTS) is 1. The molecule has 0 aliphatic heterocycles. The maximum absolute atomic E-state index is 10.4. The summed E-state index contributed by atoms with van der Waals surface area (Å²) in [6.45, 7) is 1.96. The number of carboxylic acids is 1. The number of aryl methyl sites for hydroxylation is 2. The second kappa shape index (κ2) is 5.95. The van der Waals surface area contributed by atoms with Crippen LogP contribution < -0.4 is 4.74 Å². The molecule has 0 radical (unpaired) electrons. The van der Waals surface area contributed by atoms with Crippen molar-refractivity contribution in [2.75, 3.05) is 0 Å². The molecule has 0 unspecified atom stereocenters. The van der Waals surface area contributed by atoms with Crippen molar-refractivity contribution in [1.29, 1.82) is 0 Å². The van der Waals surface area contributed by atoms with E-state index >= 15 is 0 Å². The summed E-state index contributed by atoms with van der Waals surface area (Å²) in [6, 6.07) is 7.66. The predicted molar refractivity (Wildman–Crippen MR) is 69.2 cm³/mol. The summed E-state index contributed by atoms with van der Waals surface area (Å²) in [6.07, 6.45) is 3.45. The average Bonchev–Trinajstić information content (AvgIpc) is 2.40. The largest absolute Gasteiger partial charge is 0.481 e. The van der Waals surface area contributed by atoms with E-state index < -0.39 is 5.97 Å². The normalized spacial score (nSPS) is 10.2. The standard InChI is InChI=1S/C14H14N2O3/c1-10-4-2-3-5-12(10)19-11-8-15-13(16-9-11)6-7-14(17)18/h2-5,8-9H,6-7H2,1H3,(H,17,18). The summed E-state index contributed by atoms with van der Waals surface area (Å²) in [5.41, 5.74) is 1.03. The fraction of sp³-hybridized carbons (Fsp3) is 0.214. The van der Waals surface area contributed by atoms with Gasteiger partial charge in [-0.2, -0.15) is 0 Å². The molecule has 0 atom stereocenters. The first-order valence-corrected chi connectivity index (χ1v) is 5.91. The van der Waals surface area contributed by atoms with Crippen LogP contribution in [0, 0.1) is 6.92 Å². The molecule has 0 fully saturated rings. The van der Waals surface area contributed by atoms with Gasteiger partial charge in [0.15, 0.2) is 5.75 Å². The zero-order chi connectivity index (χ0) is 13.7. The molecule has 5 heteroatoms. The third-order valence-electron chi connectivity index (χ3n) is 2.57. The average molecular weight is 258 g/mol. The Bertz CT molecular complexity index is 567. The summed E-state index contributed by atoms with van der Waals surface area (Å²) in [7, 11) is 0. The maximum atomic E-state index is 10.4. The summed E-state index contributed by atoms with van der Waals surface area (Å²) < 4.78 is 5.65. The predicted octanol–water partition coefficient (Wildman–Crippen LogP) is 2.59. The Morgan fingerprint density at radius 2 is 1.95 bits per heavy atom. The summed E-state index contributed by atoms with van der Waals surface area (Å²) >= 11 is 0. The molecule has 0 amide bonds. The van der Waals surface area contributed by atoms with Crippen molar-refractivity contribution in [1.82, 2.24) is 9.97 Å². The highest BCUT2D eigenvalue weighted by Crippen LogP contribution is 2.23. The van der Waals surface area contributed by atoms with Gasteiger partial charge in [-0.15, -0.1) is 0 Å². The molecule has 98 valence electrons. The van der Waals surface area contributed by atoms with Crippen LogP contribution in [0.5, 0.6) is 11.5 Å². The fourth-order valence-electron chi connectivity index (χ4n) is 1.54. The van der Waals surface area contributed by atoms with Crippen molar-refractivity contribution in [3.8, 4) is 11.5 Å². The van der Waals surface area contributed by atoms with Crippen LogP contribution in [0.1, 0.15) is 17.8 Å². The van der Waals surface area contributed by atoms with Gasteiger partial charge in [0.1, 0.15) is 11.6 Å². The van der Waals surface area contributed by atoms with E-state index in [0.29, 0.717) is 18.0 Å². The minimum absolute atomic E-state index is 0.0258. The second-order valence-corrected chi connectivity index (χ2v) is 4.10. The maximum Gasteiger partial charge on any atom is 0.303 e. The Morgan fingerprint density at radius 3 is 2.58 bits per heavy atom. The number of para-hydroxylation sites is 1. The Hall–Kier alpha value is -2.43. The molecule has 2 aromatic rings. The van der Waals surface area contributed by atoms with E-state index in [2.05, 4.69) is 9.97 Å². The van der Waals surface area contributed by atoms with Crippen LogP contribution in [-0.4, -0.2) is 21.0 Å². The highest BCUT2D eigenvalue weighted by atomic mass is 16.5. The lowest BCUT2D eigenvalue weighted by molar-refractivity contribution is -0.137. The molecule has 0 saturated heterocycles. The number of rotatable bonds is 5. The fourth-order valence-corrected chi connectivity index (χ4v) is 1.54. The molecule has 1 aromatic heterocycles. The van der Waals surface area contributed by atoms with Gasteiger partial charge in [-0.3, -0.25) is 4.79 Å². The van der Waals surface area contributed by atoms with E-state index in [9.17, 15) is 4.79 Å². The smallest absolute Gasteiger partial charge is 0.303 e. The monoisotopic (exact) mass is 258 g/mol. The summed E-state index contributed by atoms with van der Waals surface area (Å²) in [4.78, 5) is 18.6. The SMILES string of the molecule is Cc1ccccc1Oc1cnc(CCC(=O)O)nc1. The van der Waals surface area contributed by atoms with Crippen LogP contribution in [0.4, 0.5) is 0 Å². The Kier molecular flexibility index (Phi) is 4.07. The molecule has 1 N–H and O–H groups in total. The molecule has 0 saturated carbocycles. The van der Waals surface area contributed by atoms with Gasteiger partial charge in [0.25, 0.3) is 0 Å². The number of carbonyl (C=O) groups is 1. The van der Waals surface area contributed by atoms with Crippen LogP contribution in [-0.2, 0) is 11.2 Å². The molecule has 0 aliphatic carbocycles. The Balaban J connectivity index is 2.03. The highest BCUT2D eigenvalue weighted by Gasteiger charge is 2.04. The van der Waals surface area contributed by atoms with Crippen molar-refractivity contribution >= 4 is 5.97 Å². The van der Waals surface area contributed by atoms with Gasteiger partial charge >= 0.3 is 5.97 Å². The van der Waals surface area contributed by atoms with Crippen LogP contribution in [0.15, 0.2) is 36.7 Å². The van der Waals surface area contributed by atoms with Crippen LogP contribution in [0.3, 0.4) is 0 Å². The molecular weight excluding hydrogens is 244 g/mol. The zero-order valence-corrected chi connectivity index (χ0v) is 10.5. The first-order valence-electron chi connectivity index (χ1n) is 5.91. The van der Waals surface area contributed by atoms with Crippen molar-refractivity contribution in [2.24, 2.45) is 0 Å². The summed E-state index contributed by atoms with van der Waals surface area (Å²) in [5.74, 6) is 0.932. The van der Waals surface area contributed by atoms with E-state index in [4.69, 9.17) is 9.84 Å². The van der Waals surface area contributed by atoms with E-state index in [0.717, 1.165) is 11.3 Å². The van der Waals surface area contributed by atoms with Crippen molar-refractivity contribution in [3.05, 3.63) is 48.0 Å². The van der Waals surface area contributed by atoms with Crippen molar-refractivity contribution in [3.63, 3.8) is 0 Å². The van der Waals surface area contributed by atoms with Crippen LogP contribution in [0.2, 0.25) is 0 Å². The molecule has 0 bridgehead atoms. The second-order valence-electron chi connectivity index (χ2n) is 4.10. The Labute approximate surface area is 110 Å². The van der Waals surface area contributed by atoms with Gasteiger partial charge < -0.3 is 9.84 Å². The van der Waals surface area contributed by atoms with Crippen molar-refractivity contribution < 1.29 is 14.6 Å². The molecule has 5 nitrogen and oxygen atoms in total. The highest BCUT2D eigenvalue weighted by molar-refractivity contribution is 5.66. The van der Waals surface area contributed by atoms with Gasteiger partial charge in [0.2, 0.25) is 0 Å². The van der Waals surface area contributed by atoms with Gasteiger partial charge in [-0.05, 0) is 18.6 Å². The molecule has 19 heavy (non-hydrogen) atoms. The van der Waals surface area contributed by atoms with E-state index in [1.165, 1.54) is 0 Å². The molecule has 1 aromatic carbocycles. The number of benzene rings is 1. The lowest BCUT2D eigenvalue weighted by Crippen LogP contribution is -2.01. The molecule has 0 spiro atoms. The van der Waals surface area contributed by atoms with Crippen LogP contribution in [0.25, 0.3) is 0 Å². The first kappa shape index (κ1) is 13.0.